The summed E-state index contributed by atoms with van der Waals surface area (Å²) in [4.78, 5) is 8.11. The van der Waals surface area contributed by atoms with Gasteiger partial charge in [-0.05, 0) is 30.2 Å². The Morgan fingerprint density at radius 1 is 1.13 bits per heavy atom. The molecule has 2 rings (SSSR count). The molecule has 0 aliphatic rings. The summed E-state index contributed by atoms with van der Waals surface area (Å²) in [5, 5.41) is 0. The molecule has 75 valence electrons. The van der Waals surface area contributed by atoms with Crippen LogP contribution in [0.15, 0.2) is 30.6 Å². The first-order chi connectivity index (χ1) is 7.29. The number of nitrogens with zero attached hydrogens (tertiary/aromatic N) is 2. The Morgan fingerprint density at radius 2 is 1.87 bits per heavy atom. The molecule has 0 amide bonds. The van der Waals surface area contributed by atoms with Crippen LogP contribution in [0.2, 0.25) is 0 Å². The van der Waals surface area contributed by atoms with E-state index in [0.29, 0.717) is 6.01 Å². The van der Waals surface area contributed by atoms with Crippen LogP contribution in [0, 0.1) is 13.0 Å². The summed E-state index contributed by atoms with van der Waals surface area (Å²) in [6.45, 7) is 2.03. The van der Waals surface area contributed by atoms with Gasteiger partial charge in [0, 0.05) is 18.0 Å². The zero-order valence-corrected chi connectivity index (χ0v) is 8.69. The van der Waals surface area contributed by atoms with Gasteiger partial charge in [-0.25, -0.2) is 9.97 Å². The van der Waals surface area contributed by atoms with E-state index in [1.54, 1.807) is 19.5 Å². The van der Waals surface area contributed by atoms with Gasteiger partial charge in [-0.3, -0.25) is 0 Å². The number of benzene rings is 1. The first kappa shape index (κ1) is 9.65. The standard InChI is InChI=1S/C12H11N2O/c1-9-4-3-5-10(6-9)11-7-13-12(15-2)14-8-11/h4-8H,1-2H3. The lowest BCUT2D eigenvalue weighted by Gasteiger charge is -2.02. The van der Waals surface area contributed by atoms with E-state index >= 15 is 0 Å². The van der Waals surface area contributed by atoms with Crippen LogP contribution < -0.4 is 4.74 Å². The highest BCUT2D eigenvalue weighted by Gasteiger charge is 2.00. The number of hydrogen-bond acceptors (Lipinski definition) is 3. The molecule has 0 atom stereocenters. The van der Waals surface area contributed by atoms with Crippen molar-refractivity contribution in [1.29, 1.82) is 0 Å². The summed E-state index contributed by atoms with van der Waals surface area (Å²) >= 11 is 0. The van der Waals surface area contributed by atoms with Gasteiger partial charge >= 0.3 is 6.01 Å². The maximum absolute atomic E-state index is 4.90. The predicted octanol–water partition coefficient (Wildman–Crippen LogP) is 2.26. The first-order valence-corrected chi connectivity index (χ1v) is 4.64. The monoisotopic (exact) mass is 199 g/mol. The van der Waals surface area contributed by atoms with E-state index in [9.17, 15) is 0 Å². The highest BCUT2D eigenvalue weighted by molar-refractivity contribution is 5.62. The molecule has 0 saturated carbocycles. The molecule has 0 N–H and O–H groups in total. The van der Waals surface area contributed by atoms with Crippen molar-refractivity contribution < 1.29 is 4.74 Å². The number of aryl methyl sites for hydroxylation is 1. The van der Waals surface area contributed by atoms with Gasteiger partial charge in [0.1, 0.15) is 0 Å². The molecule has 0 unspecified atom stereocenters. The van der Waals surface area contributed by atoms with E-state index in [0.717, 1.165) is 11.1 Å². The molecular formula is C12H11N2O. The van der Waals surface area contributed by atoms with E-state index < -0.39 is 0 Å². The summed E-state index contributed by atoms with van der Waals surface area (Å²) in [5.41, 5.74) is 3.21. The fourth-order valence-corrected chi connectivity index (χ4v) is 1.33. The fraction of sp³-hybridized carbons (Fsp3) is 0.167. The van der Waals surface area contributed by atoms with Crippen molar-refractivity contribution in [1.82, 2.24) is 9.97 Å². The van der Waals surface area contributed by atoms with Gasteiger partial charge in [0.2, 0.25) is 0 Å². The molecule has 1 radical (unpaired) electrons. The topological polar surface area (TPSA) is 35.0 Å². The molecule has 0 aliphatic heterocycles. The summed E-state index contributed by atoms with van der Waals surface area (Å²) < 4.78 is 4.90. The van der Waals surface area contributed by atoms with Gasteiger partial charge in [0.05, 0.1) is 7.11 Å². The predicted molar refractivity (Wildman–Crippen MR) is 57.6 cm³/mol. The second kappa shape index (κ2) is 4.09. The van der Waals surface area contributed by atoms with Crippen LogP contribution in [0.5, 0.6) is 6.01 Å². The molecule has 0 fully saturated rings. The second-order valence-corrected chi connectivity index (χ2v) is 3.26. The Bertz CT molecular complexity index is 451. The van der Waals surface area contributed by atoms with Crippen molar-refractivity contribution in [2.75, 3.05) is 7.11 Å². The van der Waals surface area contributed by atoms with Gasteiger partial charge in [-0.1, -0.05) is 12.1 Å². The highest BCUT2D eigenvalue weighted by atomic mass is 16.5. The Balaban J connectivity index is 2.37. The number of ether oxygens (including phenoxy) is 1. The zero-order valence-electron chi connectivity index (χ0n) is 8.69. The molecule has 0 aliphatic carbocycles. The van der Waals surface area contributed by atoms with Crippen molar-refractivity contribution in [3.05, 3.63) is 42.2 Å². The molecule has 3 heteroatoms. The van der Waals surface area contributed by atoms with Crippen molar-refractivity contribution in [3.63, 3.8) is 0 Å². The van der Waals surface area contributed by atoms with Crippen LogP contribution in [-0.2, 0) is 0 Å². The highest BCUT2D eigenvalue weighted by Crippen LogP contribution is 2.18. The molecule has 3 nitrogen and oxygen atoms in total. The molecule has 1 aromatic carbocycles. The minimum Gasteiger partial charge on any atom is -0.467 e. The van der Waals surface area contributed by atoms with Crippen LogP contribution in [0.3, 0.4) is 0 Å². The Morgan fingerprint density at radius 3 is 2.47 bits per heavy atom. The third-order valence-electron chi connectivity index (χ3n) is 2.08. The van der Waals surface area contributed by atoms with Gasteiger partial charge < -0.3 is 4.74 Å². The maximum Gasteiger partial charge on any atom is 0.316 e. The molecular weight excluding hydrogens is 188 g/mol. The van der Waals surface area contributed by atoms with Crippen molar-refractivity contribution >= 4 is 0 Å². The lowest BCUT2D eigenvalue weighted by molar-refractivity contribution is 0.380. The molecule has 1 heterocycles. The van der Waals surface area contributed by atoms with Crippen LogP contribution in [0.4, 0.5) is 0 Å². The molecule has 0 saturated heterocycles. The average molecular weight is 199 g/mol. The van der Waals surface area contributed by atoms with E-state index in [1.165, 1.54) is 5.56 Å². The minimum absolute atomic E-state index is 0.385. The number of hydrogen-bond donors (Lipinski definition) is 0. The van der Waals surface area contributed by atoms with E-state index in [4.69, 9.17) is 4.74 Å². The number of rotatable bonds is 2. The molecule has 2 aromatic rings. The Hall–Kier alpha value is -1.90. The summed E-state index contributed by atoms with van der Waals surface area (Å²) in [7, 11) is 1.55. The first-order valence-electron chi connectivity index (χ1n) is 4.64. The quantitative estimate of drug-likeness (QED) is 0.744. The van der Waals surface area contributed by atoms with E-state index in [2.05, 4.69) is 22.1 Å². The van der Waals surface area contributed by atoms with Crippen LogP contribution in [0.1, 0.15) is 5.56 Å². The van der Waals surface area contributed by atoms with Gasteiger partial charge in [0.25, 0.3) is 0 Å². The van der Waals surface area contributed by atoms with Crippen LogP contribution in [-0.4, -0.2) is 17.1 Å². The van der Waals surface area contributed by atoms with Crippen molar-refractivity contribution in [3.8, 4) is 17.1 Å². The second-order valence-electron chi connectivity index (χ2n) is 3.26. The minimum atomic E-state index is 0.385. The molecule has 15 heavy (non-hydrogen) atoms. The SMILES string of the molecule is COc1ncc(-c2c[c]cc(C)c2)cn1. The Labute approximate surface area is 88.8 Å². The Kier molecular flexibility index (Phi) is 2.63. The molecule has 0 bridgehead atoms. The number of methoxy groups -OCH3 is 1. The summed E-state index contributed by atoms with van der Waals surface area (Å²) in [5.74, 6) is 0. The smallest absolute Gasteiger partial charge is 0.316 e. The largest absolute Gasteiger partial charge is 0.467 e. The summed E-state index contributed by atoms with van der Waals surface area (Å²) in [6.07, 6.45) is 3.49. The van der Waals surface area contributed by atoms with Crippen molar-refractivity contribution in [2.45, 2.75) is 6.92 Å². The number of aromatic nitrogens is 2. The normalized spacial score (nSPS) is 10.0. The summed E-state index contributed by atoms with van der Waals surface area (Å²) in [6, 6.07) is 9.38. The third kappa shape index (κ3) is 2.13. The van der Waals surface area contributed by atoms with E-state index in [-0.39, 0.29) is 0 Å². The van der Waals surface area contributed by atoms with Crippen LogP contribution in [0.25, 0.3) is 11.1 Å². The molecule has 1 aromatic heterocycles. The average Bonchev–Trinajstić information content (AvgIpc) is 2.29. The van der Waals surface area contributed by atoms with Crippen LogP contribution >= 0.6 is 0 Å². The zero-order chi connectivity index (χ0) is 10.7. The van der Waals surface area contributed by atoms with Gasteiger partial charge in [-0.2, -0.15) is 0 Å². The fourth-order valence-electron chi connectivity index (χ4n) is 1.33. The third-order valence-corrected chi connectivity index (χ3v) is 2.08. The van der Waals surface area contributed by atoms with E-state index in [1.807, 2.05) is 19.1 Å². The lowest BCUT2D eigenvalue weighted by atomic mass is 10.1. The van der Waals surface area contributed by atoms with Crippen molar-refractivity contribution in [2.24, 2.45) is 0 Å². The van der Waals surface area contributed by atoms with Gasteiger partial charge in [-0.15, -0.1) is 0 Å². The molecule has 0 spiro atoms. The lowest BCUT2D eigenvalue weighted by Crippen LogP contribution is -1.91. The van der Waals surface area contributed by atoms with Gasteiger partial charge in [0.15, 0.2) is 0 Å². The maximum atomic E-state index is 4.90.